The van der Waals surface area contributed by atoms with E-state index in [1.165, 1.54) is 6.08 Å². The molecule has 1 atom stereocenters. The number of amides is 1. The molecule has 0 radical (unpaired) electrons. The summed E-state index contributed by atoms with van der Waals surface area (Å²) in [4.78, 5) is 15.3. The second-order valence-electron chi connectivity index (χ2n) is 7.80. The summed E-state index contributed by atoms with van der Waals surface area (Å²) in [6, 6.07) is 14.2. The molecule has 2 N–H and O–H groups in total. The maximum absolute atomic E-state index is 13.0. The highest BCUT2D eigenvalue weighted by atomic mass is 32.2. The third kappa shape index (κ3) is 7.89. The molecule has 3 rings (SSSR count). The molecular weight excluding hydrogens is 458 g/mol. The summed E-state index contributed by atoms with van der Waals surface area (Å²) in [7, 11) is -3.80. The predicted octanol–water partition coefficient (Wildman–Crippen LogP) is 3.48. The van der Waals surface area contributed by atoms with Crippen LogP contribution in [0.4, 0.5) is 11.4 Å². The van der Waals surface area contributed by atoms with Crippen LogP contribution in [-0.2, 0) is 19.6 Å². The van der Waals surface area contributed by atoms with Gasteiger partial charge in [-0.25, -0.2) is 8.42 Å². The third-order valence-electron chi connectivity index (χ3n) is 5.32. The Morgan fingerprint density at radius 1 is 1.18 bits per heavy atom. The molecule has 2 aromatic rings. The number of nitrogens with zero attached hydrogens (tertiary/aromatic N) is 1. The van der Waals surface area contributed by atoms with Crippen LogP contribution in [0.1, 0.15) is 17.5 Å². The first-order valence-corrected chi connectivity index (χ1v) is 13.8. The number of aryl methyl sites for hydroxylation is 1. The molecular formula is C24H31N3O4S2. The van der Waals surface area contributed by atoms with E-state index < -0.39 is 16.1 Å². The molecule has 9 heteroatoms. The molecule has 2 aromatic carbocycles. The van der Waals surface area contributed by atoms with Crippen LogP contribution in [0.3, 0.4) is 0 Å². The Morgan fingerprint density at radius 3 is 2.58 bits per heavy atom. The van der Waals surface area contributed by atoms with Crippen LogP contribution in [0.15, 0.2) is 53.9 Å². The van der Waals surface area contributed by atoms with Gasteiger partial charge in [-0.1, -0.05) is 30.3 Å². The first-order valence-electron chi connectivity index (χ1n) is 10.9. The number of ether oxygens (including phenoxy) is 1. The van der Waals surface area contributed by atoms with Gasteiger partial charge in [-0.3, -0.25) is 4.79 Å². The first-order chi connectivity index (χ1) is 15.9. The van der Waals surface area contributed by atoms with Crippen molar-refractivity contribution in [3.8, 4) is 0 Å². The molecule has 0 bridgehead atoms. The number of anilines is 2. The number of morpholine rings is 1. The second-order valence-corrected chi connectivity index (χ2v) is 10.4. The zero-order valence-corrected chi connectivity index (χ0v) is 20.6. The average molecular weight is 490 g/mol. The van der Waals surface area contributed by atoms with Crippen LogP contribution in [0, 0.1) is 6.92 Å². The van der Waals surface area contributed by atoms with Crippen LogP contribution < -0.4 is 14.9 Å². The number of hydrogen-bond donors (Lipinski definition) is 2. The quantitative estimate of drug-likeness (QED) is 0.531. The minimum atomic E-state index is -3.80. The van der Waals surface area contributed by atoms with Gasteiger partial charge in [-0.2, -0.15) is 16.5 Å². The van der Waals surface area contributed by atoms with Gasteiger partial charge in [0.15, 0.2) is 0 Å². The summed E-state index contributed by atoms with van der Waals surface area (Å²) in [6.45, 7) is 5.00. The summed E-state index contributed by atoms with van der Waals surface area (Å²) >= 11 is 1.56. The van der Waals surface area contributed by atoms with Crippen molar-refractivity contribution in [2.24, 2.45) is 0 Å². The van der Waals surface area contributed by atoms with E-state index in [1.807, 2.05) is 61.7 Å². The molecule has 33 heavy (non-hydrogen) atoms. The number of sulfonamides is 1. The molecule has 0 aromatic heterocycles. The zero-order chi connectivity index (χ0) is 23.7. The molecule has 1 heterocycles. The molecule has 0 aliphatic carbocycles. The lowest BCUT2D eigenvalue weighted by Crippen LogP contribution is -2.43. The average Bonchev–Trinajstić information content (AvgIpc) is 2.83. The molecule has 1 saturated heterocycles. The Morgan fingerprint density at radius 2 is 1.91 bits per heavy atom. The van der Waals surface area contributed by atoms with Gasteiger partial charge < -0.3 is 15.0 Å². The van der Waals surface area contributed by atoms with Crippen LogP contribution in [0.2, 0.25) is 0 Å². The lowest BCUT2D eigenvalue weighted by Gasteiger charge is -2.29. The van der Waals surface area contributed by atoms with Crippen molar-refractivity contribution in [3.05, 3.63) is 65.1 Å². The molecule has 0 spiro atoms. The molecule has 7 nitrogen and oxygen atoms in total. The summed E-state index contributed by atoms with van der Waals surface area (Å²) in [5.74, 6) is 0.278. The van der Waals surface area contributed by atoms with E-state index in [2.05, 4.69) is 14.9 Å². The third-order valence-corrected chi connectivity index (χ3v) is 7.07. The monoisotopic (exact) mass is 489 g/mol. The van der Waals surface area contributed by atoms with Crippen LogP contribution in [0.25, 0.3) is 6.08 Å². The largest absolute Gasteiger partial charge is 0.378 e. The number of benzene rings is 2. The molecule has 1 amide bonds. The standard InChI is InChI=1S/C24H31N3O4S2/c1-19-18-21(27-12-14-31-15-13-27)8-9-22(19)25-24(28)23(10-16-32-2)26-33(29,30)17-11-20-6-4-3-5-7-20/h3-9,11,17-18,23,26H,10,12-16H2,1-2H3,(H,25,28)/b17-11+/t23-/m1/s1. The summed E-state index contributed by atoms with van der Waals surface area (Å²) in [5, 5.41) is 4.00. The van der Waals surface area contributed by atoms with E-state index in [9.17, 15) is 13.2 Å². The fourth-order valence-corrected chi connectivity index (χ4v) is 4.98. The molecule has 0 unspecified atom stereocenters. The normalized spacial score (nSPS) is 15.5. The van der Waals surface area contributed by atoms with Crippen LogP contribution in [0.5, 0.6) is 0 Å². The number of thioether (sulfide) groups is 1. The summed E-state index contributed by atoms with van der Waals surface area (Å²) < 4.78 is 33.2. The minimum absolute atomic E-state index is 0.372. The van der Waals surface area contributed by atoms with Gasteiger partial charge in [0.05, 0.1) is 13.2 Å². The van der Waals surface area contributed by atoms with Crippen molar-refractivity contribution in [3.63, 3.8) is 0 Å². The van der Waals surface area contributed by atoms with E-state index in [-0.39, 0.29) is 5.91 Å². The van der Waals surface area contributed by atoms with Crippen LogP contribution in [-0.4, -0.2) is 58.7 Å². The van der Waals surface area contributed by atoms with Gasteiger partial charge in [0.25, 0.3) is 0 Å². The molecule has 0 saturated carbocycles. The number of hydrogen-bond acceptors (Lipinski definition) is 6. The highest BCUT2D eigenvalue weighted by molar-refractivity contribution is 7.98. The molecule has 1 aliphatic rings. The summed E-state index contributed by atoms with van der Waals surface area (Å²) in [5.41, 5.74) is 3.44. The fraction of sp³-hybridized carbons (Fsp3) is 0.375. The van der Waals surface area contributed by atoms with Gasteiger partial charge in [0, 0.05) is 29.9 Å². The highest BCUT2D eigenvalue weighted by Gasteiger charge is 2.23. The zero-order valence-electron chi connectivity index (χ0n) is 19.0. The SMILES string of the molecule is CSCC[C@@H](NS(=O)(=O)/C=C/c1ccccc1)C(=O)Nc1ccc(N2CCOCC2)cc1C. The van der Waals surface area contributed by atoms with E-state index >= 15 is 0 Å². The van der Waals surface area contributed by atoms with Gasteiger partial charge in [-0.05, 0) is 60.8 Å². The smallest absolute Gasteiger partial charge is 0.242 e. The Hall–Kier alpha value is -2.33. The highest BCUT2D eigenvalue weighted by Crippen LogP contribution is 2.24. The fourth-order valence-electron chi connectivity index (χ4n) is 3.48. The van der Waals surface area contributed by atoms with Crippen molar-refractivity contribution < 1.29 is 17.9 Å². The lowest BCUT2D eigenvalue weighted by atomic mass is 10.1. The summed E-state index contributed by atoms with van der Waals surface area (Å²) in [6.07, 6.45) is 3.82. The molecule has 178 valence electrons. The Kier molecular flexibility index (Phi) is 9.37. The molecule has 1 aliphatic heterocycles. The van der Waals surface area contributed by atoms with E-state index in [1.54, 1.807) is 11.8 Å². The maximum Gasteiger partial charge on any atom is 0.242 e. The number of nitrogens with one attached hydrogen (secondary N) is 2. The van der Waals surface area contributed by atoms with Gasteiger partial charge in [-0.15, -0.1) is 0 Å². The Bertz CT molecular complexity index is 1050. The number of carbonyl (C=O) groups excluding carboxylic acids is 1. The van der Waals surface area contributed by atoms with Crippen molar-refractivity contribution >= 4 is 45.1 Å². The lowest BCUT2D eigenvalue weighted by molar-refractivity contribution is -0.117. The van der Waals surface area contributed by atoms with E-state index in [0.717, 1.165) is 35.3 Å². The Labute approximate surface area is 200 Å². The number of rotatable bonds is 10. The van der Waals surface area contributed by atoms with Gasteiger partial charge >= 0.3 is 0 Å². The maximum atomic E-state index is 13.0. The van der Waals surface area contributed by atoms with Gasteiger partial charge in [0.2, 0.25) is 15.9 Å². The number of carbonyl (C=O) groups is 1. The first kappa shape index (κ1) is 25.3. The van der Waals surface area contributed by atoms with E-state index in [4.69, 9.17) is 4.74 Å². The Balaban J connectivity index is 1.69. The van der Waals surface area contributed by atoms with Crippen molar-refractivity contribution in [2.75, 3.05) is 48.5 Å². The van der Waals surface area contributed by atoms with Crippen LogP contribution >= 0.6 is 11.8 Å². The van der Waals surface area contributed by atoms with Crippen molar-refractivity contribution in [2.45, 2.75) is 19.4 Å². The second kappa shape index (κ2) is 12.2. The van der Waals surface area contributed by atoms with Gasteiger partial charge in [0.1, 0.15) is 6.04 Å². The topological polar surface area (TPSA) is 87.7 Å². The van der Waals surface area contributed by atoms with E-state index in [0.29, 0.717) is 31.1 Å². The van der Waals surface area contributed by atoms with Crippen molar-refractivity contribution in [1.82, 2.24) is 4.72 Å². The van der Waals surface area contributed by atoms with Crippen molar-refractivity contribution in [1.29, 1.82) is 0 Å². The predicted molar refractivity (Wildman–Crippen MR) is 137 cm³/mol. The minimum Gasteiger partial charge on any atom is -0.378 e. The molecule has 1 fully saturated rings.